The monoisotopic (exact) mass is 1290 g/mol. The van der Waals surface area contributed by atoms with Gasteiger partial charge in [0.25, 0.3) is 0 Å². The Hall–Kier alpha value is -1.99. The van der Waals surface area contributed by atoms with Crippen LogP contribution in [0.25, 0.3) is 16.9 Å². The molecule has 0 bridgehead atoms. The van der Waals surface area contributed by atoms with E-state index in [4.69, 9.17) is 0 Å². The Balaban J connectivity index is 0.00000224. The van der Waals surface area contributed by atoms with Gasteiger partial charge in [0.15, 0.2) is 0 Å². The number of unbranched alkanes of at least 4 members (excludes halogenated alkanes) is 47. The first-order chi connectivity index (χ1) is 43.8. The quantitative estimate of drug-likeness (QED) is 0.0273. The van der Waals surface area contributed by atoms with Crippen LogP contribution in [0.3, 0.4) is 0 Å². The maximum Gasteiger partial charge on any atom is 2.00 e. The van der Waals surface area contributed by atoms with Gasteiger partial charge < -0.3 is 19.4 Å². The molecule has 0 aromatic heterocycles. The van der Waals surface area contributed by atoms with Crippen molar-refractivity contribution in [3.05, 3.63) is 100 Å². The van der Waals surface area contributed by atoms with E-state index >= 15 is 0 Å². The second-order valence-corrected chi connectivity index (χ2v) is 28.2. The Kier molecular flexibility index (Phi) is 65.5. The summed E-state index contributed by atoms with van der Waals surface area (Å²) in [6.45, 7) is 26.2. The molecule has 524 valence electrons. The summed E-state index contributed by atoms with van der Waals surface area (Å²) in [7, 11) is 0. The Morgan fingerprint density at radius 1 is 0.233 bits per heavy atom. The molecule has 0 aliphatic carbocycles. The molecule has 0 fully saturated rings. The van der Waals surface area contributed by atoms with E-state index in [1.54, 1.807) is 4.70 Å². The molecule has 0 saturated heterocycles. The SMILES string of the molecule is CCCCCCCCCCCCCCCC1=C(c2cc(CCCC)cc(CCCCCC)c2)[N+](=[N-])C(c2cc(CCCC)cc(CCCCCC)c2)=C1CCCCCCCC.[CH2-]CCCCCCCCCCCCC.[CH2-]CCCCCCCCCCCCC.[Ni+2]. The maximum absolute atomic E-state index is 12.9. The van der Waals surface area contributed by atoms with Crippen molar-refractivity contribution < 1.29 is 21.2 Å². The molecule has 1 heterocycles. The van der Waals surface area contributed by atoms with Crippen LogP contribution in [0, 0.1) is 13.8 Å². The molecule has 2 aromatic rings. The van der Waals surface area contributed by atoms with Crippen molar-refractivity contribution in [3.8, 4) is 0 Å². The molecule has 3 heteroatoms. The topological polar surface area (TPSA) is 25.3 Å². The molecule has 2 nitrogen and oxygen atoms in total. The van der Waals surface area contributed by atoms with Crippen molar-refractivity contribution in [1.29, 1.82) is 0 Å². The van der Waals surface area contributed by atoms with Crippen LogP contribution in [0.15, 0.2) is 47.5 Å². The summed E-state index contributed by atoms with van der Waals surface area (Å²) in [6.07, 6.45) is 81.1. The van der Waals surface area contributed by atoms with Crippen LogP contribution in [0.2, 0.25) is 0 Å². The fraction of sp³-hybridized carbons (Fsp3) is 0.793. The van der Waals surface area contributed by atoms with E-state index in [0.29, 0.717) is 0 Å². The smallest absolute Gasteiger partial charge is 0.493 e. The molecule has 3 rings (SSSR count). The number of nitrogens with zero attached hydrogens (tertiary/aromatic N) is 2. The number of hydrogen-bond acceptors (Lipinski definition) is 0. The maximum atomic E-state index is 12.9. The molecule has 1 aliphatic heterocycles. The number of benzene rings is 2. The van der Waals surface area contributed by atoms with Crippen LogP contribution in [-0.4, -0.2) is 4.70 Å². The molecule has 0 N–H and O–H groups in total. The second-order valence-electron chi connectivity index (χ2n) is 28.2. The van der Waals surface area contributed by atoms with Crippen LogP contribution >= 0.6 is 0 Å². The zero-order chi connectivity index (χ0) is 64.7. The Bertz CT molecular complexity index is 1890. The van der Waals surface area contributed by atoms with Gasteiger partial charge in [-0.15, -0.1) is 0 Å². The molecular formula is C87H156N2Ni. The van der Waals surface area contributed by atoms with Crippen LogP contribution < -0.4 is 0 Å². The molecule has 0 amide bonds. The first-order valence-electron chi connectivity index (χ1n) is 40.6. The van der Waals surface area contributed by atoms with E-state index in [9.17, 15) is 5.53 Å². The van der Waals surface area contributed by atoms with Crippen molar-refractivity contribution in [2.24, 2.45) is 0 Å². The van der Waals surface area contributed by atoms with Crippen molar-refractivity contribution >= 4 is 11.4 Å². The zero-order valence-corrected chi connectivity index (χ0v) is 63.2. The fourth-order valence-corrected chi connectivity index (χ4v) is 13.5. The van der Waals surface area contributed by atoms with Gasteiger partial charge in [-0.3, -0.25) is 0 Å². The summed E-state index contributed by atoms with van der Waals surface area (Å²) in [5.41, 5.74) is 26.3. The standard InChI is InChI=1S/C59H98N2.2C14H29.Ni/c1-7-13-19-23-25-26-27-28-29-30-31-33-37-43-57-56(42-36-32-24-20-14-8-2)58(54-46-50(38-17-11-5)44-52(48-54)40-34-21-15-9-3)61(60)59(57)55-47-51(39-18-12-6)45-53(49-55)41-35-22-16-10-4;2*1-3-5-7-9-11-13-14-12-10-8-6-4-2;/h44-49H,7-43H2,1-6H3;2*1,3-14H2,2H3;/q;2*-1;+2. The fourth-order valence-electron chi connectivity index (χ4n) is 13.5. The number of hydrogen-bond donors (Lipinski definition) is 0. The molecule has 90 heavy (non-hydrogen) atoms. The van der Waals surface area contributed by atoms with Gasteiger partial charge in [-0.1, -0.05) is 369 Å². The largest absolute Gasteiger partial charge is 2.00 e. The van der Waals surface area contributed by atoms with Crippen LogP contribution in [0.5, 0.6) is 0 Å². The number of aryl methyl sites for hydroxylation is 4. The third kappa shape index (κ3) is 47.0. The summed E-state index contributed by atoms with van der Waals surface area (Å²) in [6, 6.07) is 14.9. The molecule has 0 radical (unpaired) electrons. The minimum absolute atomic E-state index is 0. The van der Waals surface area contributed by atoms with E-state index in [1.165, 1.54) is 385 Å². The average Bonchev–Trinajstić information content (AvgIpc) is 1.61. The van der Waals surface area contributed by atoms with Gasteiger partial charge in [-0.05, 0) is 124 Å². The number of rotatable bonds is 61. The van der Waals surface area contributed by atoms with Gasteiger partial charge in [0.05, 0.1) is 0 Å². The Morgan fingerprint density at radius 3 is 0.633 bits per heavy atom. The van der Waals surface area contributed by atoms with Gasteiger partial charge in [-0.2, -0.15) is 12.8 Å². The second kappa shape index (κ2) is 67.0. The predicted molar refractivity (Wildman–Crippen MR) is 404 cm³/mol. The third-order valence-corrected chi connectivity index (χ3v) is 19.3. The third-order valence-electron chi connectivity index (χ3n) is 19.3. The van der Waals surface area contributed by atoms with Gasteiger partial charge >= 0.3 is 16.5 Å². The van der Waals surface area contributed by atoms with Crippen LogP contribution in [-0.2, 0) is 42.2 Å². The van der Waals surface area contributed by atoms with E-state index in [0.717, 1.165) is 62.8 Å². The summed E-state index contributed by atoms with van der Waals surface area (Å²) < 4.78 is 1.73. The van der Waals surface area contributed by atoms with Gasteiger partial charge in [0.2, 0.25) is 11.4 Å². The molecule has 0 spiro atoms. The van der Waals surface area contributed by atoms with Gasteiger partial charge in [0, 0.05) is 22.3 Å². The minimum Gasteiger partial charge on any atom is -0.493 e. The predicted octanol–water partition coefficient (Wildman–Crippen LogP) is 31.1. The molecule has 0 unspecified atom stereocenters. The van der Waals surface area contributed by atoms with Crippen molar-refractivity contribution in [3.63, 3.8) is 0 Å². The van der Waals surface area contributed by atoms with E-state index in [2.05, 4.69) is 106 Å². The van der Waals surface area contributed by atoms with E-state index in [-0.39, 0.29) is 16.5 Å². The summed E-state index contributed by atoms with van der Waals surface area (Å²) in [5, 5.41) is 0. The van der Waals surface area contributed by atoms with Crippen molar-refractivity contribution in [1.82, 2.24) is 0 Å². The first-order valence-corrected chi connectivity index (χ1v) is 40.6. The van der Waals surface area contributed by atoms with E-state index < -0.39 is 0 Å². The average molecular weight is 1290 g/mol. The molecule has 0 saturated carbocycles. The molecule has 2 aromatic carbocycles. The molecule has 0 atom stereocenters. The molecular weight excluding hydrogens is 1130 g/mol. The summed E-state index contributed by atoms with van der Waals surface area (Å²) in [5.74, 6) is 0. The minimum atomic E-state index is 0. The molecule has 1 aliphatic rings. The van der Waals surface area contributed by atoms with E-state index in [1.807, 2.05) is 0 Å². The van der Waals surface area contributed by atoms with Crippen molar-refractivity contribution in [2.75, 3.05) is 0 Å². The number of allylic oxidation sites excluding steroid dienone is 2. The van der Waals surface area contributed by atoms with Gasteiger partial charge in [0.1, 0.15) is 0 Å². The van der Waals surface area contributed by atoms with Crippen LogP contribution in [0.4, 0.5) is 0 Å². The van der Waals surface area contributed by atoms with Gasteiger partial charge in [-0.25, -0.2) is 4.70 Å². The summed E-state index contributed by atoms with van der Waals surface area (Å²) >= 11 is 0. The Labute approximate surface area is 576 Å². The van der Waals surface area contributed by atoms with Crippen molar-refractivity contribution in [2.45, 2.75) is 447 Å². The summed E-state index contributed by atoms with van der Waals surface area (Å²) in [4.78, 5) is 0. The zero-order valence-electron chi connectivity index (χ0n) is 62.2. The van der Waals surface area contributed by atoms with Crippen LogP contribution in [0.1, 0.15) is 455 Å². The first kappa shape index (κ1) is 88.0. The normalized spacial score (nSPS) is 12.2. The Morgan fingerprint density at radius 2 is 0.411 bits per heavy atom.